The van der Waals surface area contributed by atoms with Crippen molar-refractivity contribution in [3.63, 3.8) is 0 Å². The van der Waals surface area contributed by atoms with Crippen LogP contribution in [0, 0.1) is 0 Å². The molecule has 2 fully saturated rings. The lowest BCUT2D eigenvalue weighted by atomic mass is 9.84. The molecule has 0 spiro atoms. The van der Waals surface area contributed by atoms with Crippen molar-refractivity contribution in [3.8, 4) is 0 Å². The predicted octanol–water partition coefficient (Wildman–Crippen LogP) is 1.69. The monoisotopic (exact) mass is 428 g/mol. The zero-order valence-corrected chi connectivity index (χ0v) is 17.1. The Bertz CT molecular complexity index is 929. The third kappa shape index (κ3) is 4.33. The molecule has 8 nitrogen and oxygen atoms in total. The van der Waals surface area contributed by atoms with Crippen LogP contribution in [0.5, 0.6) is 0 Å². The number of hydrogen-bond acceptors (Lipinski definition) is 8. The van der Waals surface area contributed by atoms with E-state index in [1.54, 1.807) is 74.5 Å². The molecule has 0 unspecified atom stereocenters. The van der Waals surface area contributed by atoms with Gasteiger partial charge in [-0.3, -0.25) is 0 Å². The topological polar surface area (TPSA) is 112 Å². The molecule has 2 aromatic carbocycles. The Morgan fingerprint density at radius 2 is 1.19 bits per heavy atom. The summed E-state index contributed by atoms with van der Waals surface area (Å²) in [6.45, 7) is 3.29. The maximum absolute atomic E-state index is 12.6. The van der Waals surface area contributed by atoms with Crippen molar-refractivity contribution in [2.24, 2.45) is 0 Å². The second-order valence-corrected chi connectivity index (χ2v) is 8.02. The van der Waals surface area contributed by atoms with Gasteiger partial charge >= 0.3 is 11.9 Å². The van der Waals surface area contributed by atoms with Crippen molar-refractivity contribution in [2.45, 2.75) is 56.3 Å². The molecule has 0 amide bonds. The molecular weight excluding hydrogens is 404 g/mol. The molecule has 2 N–H and O–H groups in total. The molecular formula is C23H24O8. The van der Waals surface area contributed by atoms with Gasteiger partial charge in [-0.15, -0.1) is 0 Å². The van der Waals surface area contributed by atoms with Crippen molar-refractivity contribution < 1.29 is 38.7 Å². The Hall–Kier alpha value is -2.78. The first-order valence-electron chi connectivity index (χ1n) is 10.0. The van der Waals surface area contributed by atoms with Gasteiger partial charge in [-0.1, -0.05) is 36.4 Å². The fourth-order valence-corrected chi connectivity index (χ4v) is 3.91. The predicted molar refractivity (Wildman–Crippen MR) is 107 cm³/mol. The van der Waals surface area contributed by atoms with E-state index in [9.17, 15) is 19.8 Å². The molecule has 2 aromatic rings. The first-order chi connectivity index (χ1) is 14.8. The van der Waals surface area contributed by atoms with Crippen LogP contribution in [0.4, 0.5) is 0 Å². The number of benzene rings is 2. The molecule has 1 heterocycles. The van der Waals surface area contributed by atoms with Crippen LogP contribution in [0.3, 0.4) is 0 Å². The van der Waals surface area contributed by atoms with E-state index in [0.29, 0.717) is 0 Å². The summed E-state index contributed by atoms with van der Waals surface area (Å²) in [6, 6.07) is 16.5. The third-order valence-corrected chi connectivity index (χ3v) is 5.34. The van der Waals surface area contributed by atoms with E-state index in [-0.39, 0.29) is 11.1 Å². The largest absolute Gasteiger partial charge is 0.453 e. The highest BCUT2D eigenvalue weighted by Gasteiger charge is 2.60. The average Bonchev–Trinajstić information content (AvgIpc) is 3.10. The molecule has 1 aliphatic heterocycles. The lowest BCUT2D eigenvalue weighted by molar-refractivity contribution is -0.193. The zero-order valence-electron chi connectivity index (χ0n) is 17.1. The molecule has 2 aliphatic rings. The van der Waals surface area contributed by atoms with Crippen LogP contribution in [0.25, 0.3) is 0 Å². The van der Waals surface area contributed by atoms with Crippen LogP contribution in [0.1, 0.15) is 34.6 Å². The quantitative estimate of drug-likeness (QED) is 0.708. The highest BCUT2D eigenvalue weighted by Crippen LogP contribution is 2.40. The van der Waals surface area contributed by atoms with Gasteiger partial charge in [-0.2, -0.15) is 0 Å². The van der Waals surface area contributed by atoms with Crippen molar-refractivity contribution in [3.05, 3.63) is 71.8 Å². The summed E-state index contributed by atoms with van der Waals surface area (Å²) < 4.78 is 22.6. The van der Waals surface area contributed by atoms with Crippen LogP contribution in [-0.2, 0) is 18.9 Å². The normalized spacial score (nSPS) is 31.5. The van der Waals surface area contributed by atoms with Crippen LogP contribution in [-0.4, -0.2) is 64.6 Å². The van der Waals surface area contributed by atoms with E-state index >= 15 is 0 Å². The van der Waals surface area contributed by atoms with Crippen molar-refractivity contribution in [1.29, 1.82) is 0 Å². The minimum atomic E-state index is -1.53. The van der Waals surface area contributed by atoms with Gasteiger partial charge < -0.3 is 29.2 Å². The Labute approximate surface area is 179 Å². The van der Waals surface area contributed by atoms with Crippen LogP contribution in [0.15, 0.2) is 60.7 Å². The highest BCUT2D eigenvalue weighted by atomic mass is 16.8. The number of fused-ring (bicyclic) bond motifs is 1. The van der Waals surface area contributed by atoms with Gasteiger partial charge in [0.2, 0.25) is 0 Å². The number of rotatable bonds is 4. The summed E-state index contributed by atoms with van der Waals surface area (Å²) in [7, 11) is 0. The summed E-state index contributed by atoms with van der Waals surface area (Å²) in [5.41, 5.74) is 0.541. The summed E-state index contributed by atoms with van der Waals surface area (Å²) in [5, 5.41) is 21.8. The minimum absolute atomic E-state index is 0.255. The van der Waals surface area contributed by atoms with Gasteiger partial charge in [0.25, 0.3) is 0 Å². The molecule has 1 aliphatic carbocycles. The standard InChI is InChI=1S/C23H24O8/c1-23(2)30-19-16(25)17(28-21(26)13-9-5-3-6-10-13)15(24)18(20(19)31-23)29-22(27)14-11-7-4-8-12-14/h3-12,15-20,24-25H,1-2H3/t15-,16+,17-,18+,19+,20-/m1/s1. The summed E-state index contributed by atoms with van der Waals surface area (Å²) >= 11 is 0. The zero-order chi connectivity index (χ0) is 22.2. The Morgan fingerprint density at radius 3 is 1.71 bits per heavy atom. The van der Waals surface area contributed by atoms with Crippen LogP contribution >= 0.6 is 0 Å². The van der Waals surface area contributed by atoms with Crippen molar-refractivity contribution in [1.82, 2.24) is 0 Å². The smallest absolute Gasteiger partial charge is 0.338 e. The molecule has 1 saturated heterocycles. The number of carbonyl (C=O) groups excluding carboxylic acids is 2. The lowest BCUT2D eigenvalue weighted by Gasteiger charge is -2.42. The third-order valence-electron chi connectivity index (χ3n) is 5.34. The van der Waals surface area contributed by atoms with Gasteiger partial charge in [0, 0.05) is 0 Å². The number of esters is 2. The number of ether oxygens (including phenoxy) is 4. The van der Waals surface area contributed by atoms with Gasteiger partial charge in [-0.25, -0.2) is 9.59 Å². The molecule has 0 radical (unpaired) electrons. The van der Waals surface area contributed by atoms with Crippen LogP contribution < -0.4 is 0 Å². The van der Waals surface area contributed by atoms with E-state index in [1.165, 1.54) is 0 Å². The second-order valence-electron chi connectivity index (χ2n) is 8.02. The summed E-state index contributed by atoms with van der Waals surface area (Å²) in [4.78, 5) is 25.2. The van der Waals surface area contributed by atoms with E-state index in [2.05, 4.69) is 0 Å². The van der Waals surface area contributed by atoms with Crippen molar-refractivity contribution >= 4 is 11.9 Å². The van der Waals surface area contributed by atoms with E-state index in [4.69, 9.17) is 18.9 Å². The number of aliphatic hydroxyl groups excluding tert-OH is 2. The van der Waals surface area contributed by atoms with Crippen molar-refractivity contribution in [2.75, 3.05) is 0 Å². The molecule has 164 valence electrons. The molecule has 6 atom stereocenters. The van der Waals surface area contributed by atoms with E-state index < -0.39 is 54.3 Å². The molecule has 4 rings (SSSR count). The SMILES string of the molecule is CC1(C)O[C@@H]2[C@@H](OC(=O)c3ccccc3)[C@H](O)[C@@H](OC(=O)c3ccccc3)[C@H](O)[C@@H]2O1. The fourth-order valence-electron chi connectivity index (χ4n) is 3.91. The molecule has 1 saturated carbocycles. The van der Waals surface area contributed by atoms with E-state index in [1.807, 2.05) is 0 Å². The molecule has 0 bridgehead atoms. The van der Waals surface area contributed by atoms with Gasteiger partial charge in [0.1, 0.15) is 24.4 Å². The lowest BCUT2D eigenvalue weighted by Crippen LogP contribution is -2.64. The van der Waals surface area contributed by atoms with Gasteiger partial charge in [0.15, 0.2) is 18.0 Å². The minimum Gasteiger partial charge on any atom is -0.453 e. The highest BCUT2D eigenvalue weighted by molar-refractivity contribution is 5.90. The summed E-state index contributed by atoms with van der Waals surface area (Å²) in [5.74, 6) is -2.50. The van der Waals surface area contributed by atoms with Crippen LogP contribution in [0.2, 0.25) is 0 Å². The molecule has 8 heteroatoms. The number of hydrogen-bond donors (Lipinski definition) is 2. The number of aliphatic hydroxyl groups is 2. The molecule has 31 heavy (non-hydrogen) atoms. The summed E-state index contributed by atoms with van der Waals surface area (Å²) in [6.07, 6.45) is -7.45. The Kier molecular flexibility index (Phi) is 5.81. The maximum Gasteiger partial charge on any atom is 0.338 e. The van der Waals surface area contributed by atoms with Gasteiger partial charge in [-0.05, 0) is 38.1 Å². The first-order valence-corrected chi connectivity index (χ1v) is 10.0. The Balaban J connectivity index is 1.59. The van der Waals surface area contributed by atoms with Gasteiger partial charge in [0.05, 0.1) is 11.1 Å². The Morgan fingerprint density at radius 1 is 0.742 bits per heavy atom. The molecule has 0 aromatic heterocycles. The van der Waals surface area contributed by atoms with E-state index in [0.717, 1.165) is 0 Å². The average molecular weight is 428 g/mol. The fraction of sp³-hybridized carbons (Fsp3) is 0.391. The number of carbonyl (C=O) groups is 2. The second kappa shape index (κ2) is 8.39. The first kappa shape index (κ1) is 21.5. The maximum atomic E-state index is 12.6.